The van der Waals surface area contributed by atoms with Crippen molar-refractivity contribution < 1.29 is 14.4 Å². The number of imide groups is 1. The van der Waals surface area contributed by atoms with Crippen LogP contribution in [0.15, 0.2) is 54.6 Å². The van der Waals surface area contributed by atoms with Gasteiger partial charge in [0.2, 0.25) is 11.8 Å². The number of benzene rings is 2. The Morgan fingerprint density at radius 1 is 1.00 bits per heavy atom. The molecule has 2 atom stereocenters. The zero-order chi connectivity index (χ0) is 18.5. The summed E-state index contributed by atoms with van der Waals surface area (Å²) in [5.74, 6) is 0.239. The highest BCUT2D eigenvalue weighted by Crippen LogP contribution is 2.36. The number of hydrogen-bond acceptors (Lipinski definition) is 4. The van der Waals surface area contributed by atoms with Crippen LogP contribution in [0.25, 0.3) is 0 Å². The van der Waals surface area contributed by atoms with Crippen molar-refractivity contribution in [3.63, 3.8) is 0 Å². The van der Waals surface area contributed by atoms with Crippen molar-refractivity contribution in [2.45, 2.75) is 36.8 Å². The van der Waals surface area contributed by atoms with Crippen molar-refractivity contribution in [1.82, 2.24) is 4.90 Å². The van der Waals surface area contributed by atoms with Gasteiger partial charge in [-0.15, -0.1) is 11.8 Å². The summed E-state index contributed by atoms with van der Waals surface area (Å²) in [6.45, 7) is 1.98. The molecule has 4 nitrogen and oxygen atoms in total. The van der Waals surface area contributed by atoms with Gasteiger partial charge in [0, 0.05) is 18.6 Å². The number of likely N-dealkylation sites (tertiary alicyclic amines) is 1. The van der Waals surface area contributed by atoms with Crippen molar-refractivity contribution in [2.75, 3.05) is 0 Å². The number of carbonyl (C=O) groups excluding carboxylic acids is 3. The standard InChI is InChI=1S/C21H21NO3S/c1-15-7-9-17(10-8-15)21(22-19(24)11-12-20(22)25)18(13-23)26-14-16-5-3-2-4-6-16/h2-10,13,18,21H,11-12,14H2,1H3/t18-,21-/m1/s1. The molecular formula is C21H21NO3S. The number of aryl methyl sites for hydroxylation is 1. The van der Waals surface area contributed by atoms with Crippen LogP contribution in [0.2, 0.25) is 0 Å². The van der Waals surface area contributed by atoms with Gasteiger partial charge in [0.25, 0.3) is 0 Å². The van der Waals surface area contributed by atoms with Crippen LogP contribution in [-0.2, 0) is 20.1 Å². The summed E-state index contributed by atoms with van der Waals surface area (Å²) in [4.78, 5) is 37.9. The Morgan fingerprint density at radius 2 is 1.62 bits per heavy atom. The number of thioether (sulfide) groups is 1. The minimum Gasteiger partial charge on any atom is -0.302 e. The third kappa shape index (κ3) is 4.05. The second-order valence-electron chi connectivity index (χ2n) is 6.41. The molecule has 0 saturated carbocycles. The summed E-state index contributed by atoms with van der Waals surface area (Å²) < 4.78 is 0. The highest BCUT2D eigenvalue weighted by molar-refractivity contribution is 7.99. The summed E-state index contributed by atoms with van der Waals surface area (Å²) in [6.07, 6.45) is 1.29. The fourth-order valence-electron chi connectivity index (χ4n) is 3.12. The number of amides is 2. The SMILES string of the molecule is Cc1ccc([C@H]([C@@H](C=O)SCc2ccccc2)N2C(=O)CCC2=O)cc1. The average molecular weight is 367 g/mol. The number of hydrogen-bond donors (Lipinski definition) is 0. The van der Waals surface area contributed by atoms with Gasteiger partial charge in [-0.1, -0.05) is 60.2 Å². The normalized spacial score (nSPS) is 16.6. The number of carbonyl (C=O) groups is 3. The van der Waals surface area contributed by atoms with E-state index in [1.54, 1.807) is 0 Å². The molecule has 2 amide bonds. The van der Waals surface area contributed by atoms with Crippen LogP contribution in [0.1, 0.15) is 35.6 Å². The van der Waals surface area contributed by atoms with Gasteiger partial charge in [0.1, 0.15) is 6.29 Å². The van der Waals surface area contributed by atoms with Gasteiger partial charge in [-0.05, 0) is 18.1 Å². The van der Waals surface area contributed by atoms with E-state index in [0.29, 0.717) is 5.75 Å². The zero-order valence-corrected chi connectivity index (χ0v) is 15.4. The van der Waals surface area contributed by atoms with E-state index in [0.717, 1.165) is 23.0 Å². The molecular weight excluding hydrogens is 346 g/mol. The Labute approximate surface area is 157 Å². The van der Waals surface area contributed by atoms with Crippen molar-refractivity contribution in [2.24, 2.45) is 0 Å². The first kappa shape index (κ1) is 18.4. The molecule has 1 saturated heterocycles. The third-order valence-electron chi connectivity index (χ3n) is 4.52. The monoisotopic (exact) mass is 367 g/mol. The third-order valence-corrected chi connectivity index (χ3v) is 5.77. The Hall–Kier alpha value is -2.40. The molecule has 3 rings (SSSR count). The van der Waals surface area contributed by atoms with E-state index in [1.807, 2.05) is 61.5 Å². The second kappa shape index (κ2) is 8.32. The van der Waals surface area contributed by atoms with E-state index in [1.165, 1.54) is 16.7 Å². The maximum Gasteiger partial charge on any atom is 0.230 e. The molecule has 0 N–H and O–H groups in total. The van der Waals surface area contributed by atoms with Crippen LogP contribution >= 0.6 is 11.8 Å². The maximum atomic E-state index is 12.3. The van der Waals surface area contributed by atoms with E-state index in [4.69, 9.17) is 0 Å². The second-order valence-corrected chi connectivity index (χ2v) is 7.58. The molecule has 2 aromatic carbocycles. The lowest BCUT2D eigenvalue weighted by atomic mass is 10.0. The van der Waals surface area contributed by atoms with E-state index in [-0.39, 0.29) is 24.7 Å². The lowest BCUT2D eigenvalue weighted by molar-refractivity contribution is -0.141. The molecule has 26 heavy (non-hydrogen) atoms. The number of rotatable bonds is 7. The first-order valence-corrected chi connectivity index (χ1v) is 9.67. The van der Waals surface area contributed by atoms with Crippen molar-refractivity contribution in [3.8, 4) is 0 Å². The summed E-state index contributed by atoms with van der Waals surface area (Å²) in [5.41, 5.74) is 3.01. The Morgan fingerprint density at radius 3 is 2.19 bits per heavy atom. The molecule has 0 aliphatic carbocycles. The maximum absolute atomic E-state index is 12.3. The lowest BCUT2D eigenvalue weighted by Crippen LogP contribution is -2.39. The van der Waals surface area contributed by atoms with E-state index >= 15 is 0 Å². The van der Waals surface area contributed by atoms with Gasteiger partial charge in [-0.2, -0.15) is 0 Å². The molecule has 134 valence electrons. The Balaban J connectivity index is 1.89. The first-order chi connectivity index (χ1) is 12.6. The van der Waals surface area contributed by atoms with Crippen molar-refractivity contribution in [3.05, 3.63) is 71.3 Å². The van der Waals surface area contributed by atoms with Crippen LogP contribution in [-0.4, -0.2) is 28.3 Å². The van der Waals surface area contributed by atoms with Crippen LogP contribution in [0.5, 0.6) is 0 Å². The average Bonchev–Trinajstić information content (AvgIpc) is 2.99. The molecule has 0 aromatic heterocycles. The van der Waals surface area contributed by atoms with Gasteiger partial charge in [-0.25, -0.2) is 0 Å². The fourth-order valence-corrected chi connectivity index (χ4v) is 4.24. The minimum absolute atomic E-state index is 0.201. The molecule has 1 heterocycles. The quantitative estimate of drug-likeness (QED) is 0.553. The first-order valence-electron chi connectivity index (χ1n) is 8.62. The largest absolute Gasteiger partial charge is 0.302 e. The molecule has 0 spiro atoms. The summed E-state index contributed by atoms with van der Waals surface area (Å²) >= 11 is 1.46. The summed E-state index contributed by atoms with van der Waals surface area (Å²) in [7, 11) is 0. The molecule has 2 aromatic rings. The van der Waals surface area contributed by atoms with Gasteiger partial charge in [0.15, 0.2) is 0 Å². The van der Waals surface area contributed by atoms with Crippen LogP contribution in [0.4, 0.5) is 0 Å². The van der Waals surface area contributed by atoms with Gasteiger partial charge >= 0.3 is 0 Å². The highest BCUT2D eigenvalue weighted by atomic mass is 32.2. The van der Waals surface area contributed by atoms with E-state index < -0.39 is 11.3 Å². The van der Waals surface area contributed by atoms with Crippen LogP contribution < -0.4 is 0 Å². The van der Waals surface area contributed by atoms with Crippen LogP contribution in [0.3, 0.4) is 0 Å². The molecule has 1 fully saturated rings. The number of aldehydes is 1. The predicted molar refractivity (Wildman–Crippen MR) is 103 cm³/mol. The Kier molecular flexibility index (Phi) is 5.89. The fraction of sp³-hybridized carbons (Fsp3) is 0.286. The lowest BCUT2D eigenvalue weighted by Gasteiger charge is -2.31. The van der Waals surface area contributed by atoms with Gasteiger partial charge in [-0.3, -0.25) is 14.5 Å². The molecule has 1 aliphatic heterocycles. The summed E-state index contributed by atoms with van der Waals surface area (Å²) in [6, 6.07) is 17.0. The van der Waals surface area contributed by atoms with E-state index in [9.17, 15) is 14.4 Å². The Bertz CT molecular complexity index is 773. The van der Waals surface area contributed by atoms with Crippen molar-refractivity contribution >= 4 is 29.9 Å². The molecule has 0 bridgehead atoms. The van der Waals surface area contributed by atoms with E-state index in [2.05, 4.69) is 0 Å². The summed E-state index contributed by atoms with van der Waals surface area (Å²) in [5, 5.41) is -0.510. The predicted octanol–water partition coefficient (Wildman–Crippen LogP) is 3.69. The molecule has 1 aliphatic rings. The van der Waals surface area contributed by atoms with Gasteiger partial charge < -0.3 is 4.79 Å². The number of nitrogens with zero attached hydrogens (tertiary/aromatic N) is 1. The highest BCUT2D eigenvalue weighted by Gasteiger charge is 2.40. The molecule has 5 heteroatoms. The topological polar surface area (TPSA) is 54.5 Å². The molecule has 0 radical (unpaired) electrons. The smallest absolute Gasteiger partial charge is 0.230 e. The minimum atomic E-state index is -0.565. The molecule has 0 unspecified atom stereocenters. The zero-order valence-electron chi connectivity index (χ0n) is 14.6. The van der Waals surface area contributed by atoms with Crippen LogP contribution in [0, 0.1) is 6.92 Å². The van der Waals surface area contributed by atoms with Gasteiger partial charge in [0.05, 0.1) is 11.3 Å². The van der Waals surface area contributed by atoms with Crippen molar-refractivity contribution in [1.29, 1.82) is 0 Å².